The van der Waals surface area contributed by atoms with Gasteiger partial charge in [0.1, 0.15) is 6.04 Å². The van der Waals surface area contributed by atoms with E-state index in [4.69, 9.17) is 4.74 Å². The number of likely N-dealkylation sites (N-methyl/N-ethyl adjacent to an activating group) is 1. The molecule has 6 nitrogen and oxygen atoms in total. The van der Waals surface area contributed by atoms with Crippen molar-refractivity contribution in [3.8, 4) is 0 Å². The molecule has 1 aliphatic heterocycles. The number of halogens is 1. The summed E-state index contributed by atoms with van der Waals surface area (Å²) < 4.78 is 5.98. The molecule has 1 heterocycles. The minimum Gasteiger partial charge on any atom is -0.469 e. The van der Waals surface area contributed by atoms with E-state index in [1.54, 1.807) is 23.1 Å². The number of nitrogens with one attached hydrogen (secondary N) is 1. The molecular formula is C27H25BrN2O4. The summed E-state index contributed by atoms with van der Waals surface area (Å²) in [5, 5.41) is 2.71. The number of likely N-dealkylation sites (tertiary alicyclic amines) is 1. The fourth-order valence-corrected chi connectivity index (χ4v) is 5.27. The van der Waals surface area contributed by atoms with Crippen molar-refractivity contribution in [2.75, 3.05) is 14.2 Å². The Morgan fingerprint density at radius 3 is 2.06 bits per heavy atom. The Morgan fingerprint density at radius 2 is 1.50 bits per heavy atom. The maximum Gasteiger partial charge on any atom is 0.311 e. The first-order valence-corrected chi connectivity index (χ1v) is 11.7. The van der Waals surface area contributed by atoms with Crippen LogP contribution >= 0.6 is 15.9 Å². The fourth-order valence-electron chi connectivity index (χ4n) is 4.87. The molecule has 1 saturated heterocycles. The maximum atomic E-state index is 14.0. The second-order valence-electron chi connectivity index (χ2n) is 8.12. The molecule has 4 rings (SSSR count). The summed E-state index contributed by atoms with van der Waals surface area (Å²) in [5.41, 5.74) is 1.96. The molecular weight excluding hydrogens is 496 g/mol. The van der Waals surface area contributed by atoms with E-state index in [2.05, 4.69) is 21.2 Å². The SMILES string of the molecule is CNC(=O)C1C(c2ccccc2)C(C(=O)OC)C(c2ccccc2)N1C(=O)c1cccc(Br)c1. The summed E-state index contributed by atoms with van der Waals surface area (Å²) in [6, 6.07) is 24.1. The standard InChI is InChI=1S/C27H25BrN2O4/c1-29-25(31)24-21(17-10-5-3-6-11-17)22(27(33)34-2)23(18-12-7-4-8-13-18)30(24)26(32)19-14-9-15-20(28)16-19/h3-16,21-24H,1-2H3,(H,29,31). The molecule has 3 aromatic rings. The normalized spacial score (nSPS) is 21.7. The molecule has 1 N–H and O–H groups in total. The molecule has 174 valence electrons. The fraction of sp³-hybridized carbons (Fsp3) is 0.222. The van der Waals surface area contributed by atoms with Gasteiger partial charge >= 0.3 is 5.97 Å². The average Bonchev–Trinajstić information content (AvgIpc) is 3.24. The highest BCUT2D eigenvalue weighted by Gasteiger charge is 2.57. The van der Waals surface area contributed by atoms with E-state index in [1.807, 2.05) is 66.7 Å². The smallest absolute Gasteiger partial charge is 0.311 e. The molecule has 4 atom stereocenters. The van der Waals surface area contributed by atoms with Crippen LogP contribution in [0.4, 0.5) is 0 Å². The van der Waals surface area contributed by atoms with Gasteiger partial charge in [-0.15, -0.1) is 0 Å². The van der Waals surface area contributed by atoms with E-state index < -0.39 is 29.9 Å². The first-order chi connectivity index (χ1) is 16.5. The topological polar surface area (TPSA) is 75.7 Å². The van der Waals surface area contributed by atoms with Gasteiger partial charge in [-0.25, -0.2) is 0 Å². The number of rotatable bonds is 5. The highest BCUT2D eigenvalue weighted by Crippen LogP contribution is 2.51. The Bertz CT molecular complexity index is 1190. The van der Waals surface area contributed by atoms with Gasteiger partial charge in [-0.1, -0.05) is 82.7 Å². The summed E-state index contributed by atoms with van der Waals surface area (Å²) >= 11 is 3.43. The van der Waals surface area contributed by atoms with Crippen molar-refractivity contribution in [1.29, 1.82) is 0 Å². The van der Waals surface area contributed by atoms with Crippen molar-refractivity contribution in [3.63, 3.8) is 0 Å². The third-order valence-corrected chi connectivity index (χ3v) is 6.78. The lowest BCUT2D eigenvalue weighted by Crippen LogP contribution is -2.47. The largest absolute Gasteiger partial charge is 0.469 e. The Balaban J connectivity index is 1.98. The minimum absolute atomic E-state index is 0.337. The van der Waals surface area contributed by atoms with Crippen LogP contribution in [0, 0.1) is 5.92 Å². The first kappa shape index (κ1) is 23.7. The lowest BCUT2D eigenvalue weighted by Gasteiger charge is -2.31. The molecule has 0 saturated carbocycles. The summed E-state index contributed by atoms with van der Waals surface area (Å²) in [7, 11) is 2.87. The van der Waals surface area contributed by atoms with Crippen molar-refractivity contribution >= 4 is 33.7 Å². The van der Waals surface area contributed by atoms with Crippen LogP contribution in [-0.4, -0.2) is 42.9 Å². The van der Waals surface area contributed by atoms with Gasteiger partial charge in [-0.05, 0) is 29.3 Å². The molecule has 7 heteroatoms. The highest BCUT2D eigenvalue weighted by molar-refractivity contribution is 9.10. The Kier molecular flexibility index (Phi) is 7.12. The third-order valence-electron chi connectivity index (χ3n) is 6.29. The zero-order chi connectivity index (χ0) is 24.2. The van der Waals surface area contributed by atoms with Crippen molar-refractivity contribution in [2.24, 2.45) is 5.92 Å². The number of carbonyl (C=O) groups excluding carboxylic acids is 3. The zero-order valence-corrected chi connectivity index (χ0v) is 20.4. The predicted octanol–water partition coefficient (Wildman–Crippen LogP) is 4.33. The molecule has 0 radical (unpaired) electrons. The summed E-state index contributed by atoms with van der Waals surface area (Å²) in [6.07, 6.45) is 0. The predicted molar refractivity (Wildman–Crippen MR) is 132 cm³/mol. The highest BCUT2D eigenvalue weighted by atomic mass is 79.9. The second kappa shape index (κ2) is 10.2. The molecule has 0 bridgehead atoms. The van der Waals surface area contributed by atoms with Crippen LogP contribution in [0.25, 0.3) is 0 Å². The molecule has 3 aromatic carbocycles. The minimum atomic E-state index is -0.923. The number of hydrogen-bond acceptors (Lipinski definition) is 4. The second-order valence-corrected chi connectivity index (χ2v) is 9.04. The van der Waals surface area contributed by atoms with Gasteiger partial charge < -0.3 is 15.0 Å². The van der Waals surface area contributed by atoms with Crippen molar-refractivity contribution in [3.05, 3.63) is 106 Å². The van der Waals surface area contributed by atoms with Gasteiger partial charge in [-0.2, -0.15) is 0 Å². The number of carbonyl (C=O) groups is 3. The molecule has 0 aliphatic carbocycles. The van der Waals surface area contributed by atoms with Gasteiger partial charge in [0.2, 0.25) is 5.91 Å². The number of esters is 1. The van der Waals surface area contributed by atoms with Crippen LogP contribution in [0.5, 0.6) is 0 Å². The lowest BCUT2D eigenvalue weighted by molar-refractivity contribution is -0.146. The third kappa shape index (κ3) is 4.35. The van der Waals surface area contributed by atoms with E-state index in [9.17, 15) is 14.4 Å². The Hall–Kier alpha value is -3.45. The number of benzene rings is 3. The Morgan fingerprint density at radius 1 is 0.882 bits per heavy atom. The quantitative estimate of drug-likeness (QED) is 0.508. The monoisotopic (exact) mass is 520 g/mol. The van der Waals surface area contributed by atoms with Crippen LogP contribution in [0.3, 0.4) is 0 Å². The van der Waals surface area contributed by atoms with Gasteiger partial charge in [0.25, 0.3) is 5.91 Å². The molecule has 0 spiro atoms. The summed E-state index contributed by atoms with van der Waals surface area (Å²) in [6.45, 7) is 0. The Labute approximate surface area is 207 Å². The summed E-state index contributed by atoms with van der Waals surface area (Å²) in [4.78, 5) is 42.2. The zero-order valence-electron chi connectivity index (χ0n) is 18.9. The molecule has 0 aromatic heterocycles. The van der Waals surface area contributed by atoms with Crippen LogP contribution < -0.4 is 5.32 Å². The molecule has 2 amide bonds. The van der Waals surface area contributed by atoms with Crippen molar-refractivity contribution in [1.82, 2.24) is 10.2 Å². The molecule has 1 fully saturated rings. The van der Waals surface area contributed by atoms with Crippen LogP contribution in [-0.2, 0) is 14.3 Å². The number of nitrogens with zero attached hydrogens (tertiary/aromatic N) is 1. The van der Waals surface area contributed by atoms with Gasteiger partial charge in [0.05, 0.1) is 19.1 Å². The maximum absolute atomic E-state index is 14.0. The number of amides is 2. The van der Waals surface area contributed by atoms with Gasteiger partial charge in [0, 0.05) is 23.0 Å². The molecule has 1 aliphatic rings. The van der Waals surface area contributed by atoms with E-state index in [-0.39, 0.29) is 11.8 Å². The van der Waals surface area contributed by atoms with Gasteiger partial charge in [-0.3, -0.25) is 14.4 Å². The van der Waals surface area contributed by atoms with Crippen LogP contribution in [0.2, 0.25) is 0 Å². The van der Waals surface area contributed by atoms with Crippen molar-refractivity contribution in [2.45, 2.75) is 18.0 Å². The lowest BCUT2D eigenvalue weighted by atomic mass is 9.80. The van der Waals surface area contributed by atoms with E-state index in [0.717, 1.165) is 15.6 Å². The van der Waals surface area contributed by atoms with E-state index in [1.165, 1.54) is 14.2 Å². The van der Waals surface area contributed by atoms with Gasteiger partial charge in [0.15, 0.2) is 0 Å². The number of hydrogen-bond donors (Lipinski definition) is 1. The average molecular weight is 521 g/mol. The van der Waals surface area contributed by atoms with Crippen LogP contribution in [0.1, 0.15) is 33.4 Å². The van der Waals surface area contributed by atoms with E-state index >= 15 is 0 Å². The summed E-state index contributed by atoms with van der Waals surface area (Å²) in [5.74, 6) is -2.54. The number of methoxy groups -OCH3 is 1. The van der Waals surface area contributed by atoms with Crippen LogP contribution in [0.15, 0.2) is 89.4 Å². The first-order valence-electron chi connectivity index (χ1n) is 11.0. The van der Waals surface area contributed by atoms with Crippen molar-refractivity contribution < 1.29 is 19.1 Å². The molecule has 4 unspecified atom stereocenters. The van der Waals surface area contributed by atoms with E-state index in [0.29, 0.717) is 5.56 Å². The number of ether oxygens (including phenoxy) is 1. The molecule has 34 heavy (non-hydrogen) atoms.